The van der Waals surface area contributed by atoms with Crippen molar-refractivity contribution in [3.05, 3.63) is 28.5 Å². The first-order valence-electron chi connectivity index (χ1n) is 4.73. The predicted octanol–water partition coefficient (Wildman–Crippen LogP) is 1.55. The van der Waals surface area contributed by atoms with Crippen molar-refractivity contribution in [3.8, 4) is 0 Å². The van der Waals surface area contributed by atoms with Gasteiger partial charge in [-0.1, -0.05) is 6.07 Å². The Morgan fingerprint density at radius 3 is 3.00 bits per heavy atom. The Kier molecular flexibility index (Phi) is 3.23. The van der Waals surface area contributed by atoms with E-state index in [9.17, 15) is 0 Å². The van der Waals surface area contributed by atoms with Gasteiger partial charge in [0.2, 0.25) is 0 Å². The van der Waals surface area contributed by atoms with Crippen molar-refractivity contribution in [3.63, 3.8) is 0 Å². The van der Waals surface area contributed by atoms with Crippen LogP contribution in [0.2, 0.25) is 0 Å². The van der Waals surface area contributed by atoms with E-state index < -0.39 is 0 Å². The largest absolute Gasteiger partial charge is 0.319 e. The van der Waals surface area contributed by atoms with Gasteiger partial charge in [0.1, 0.15) is 5.52 Å². The number of rotatable bonds is 3. The highest BCUT2D eigenvalue weighted by Gasteiger charge is 2.03. The molecule has 0 saturated carbocycles. The first-order chi connectivity index (χ1) is 7.31. The highest BCUT2D eigenvalue weighted by Crippen LogP contribution is 2.19. The molecule has 0 fully saturated rings. The summed E-state index contributed by atoms with van der Waals surface area (Å²) in [6.07, 6.45) is 0.798. The van der Waals surface area contributed by atoms with Crippen LogP contribution in [0.15, 0.2) is 22.7 Å². The first kappa shape index (κ1) is 10.4. The summed E-state index contributed by atoms with van der Waals surface area (Å²) in [5, 5.41) is 11.3. The second kappa shape index (κ2) is 4.63. The maximum Gasteiger partial charge on any atom is 0.152 e. The lowest BCUT2D eigenvalue weighted by molar-refractivity contribution is 0.743. The van der Waals surface area contributed by atoms with E-state index in [0.717, 1.165) is 34.3 Å². The average molecular weight is 267 g/mol. The van der Waals surface area contributed by atoms with Gasteiger partial charge in [0.15, 0.2) is 5.82 Å². The molecule has 2 aromatic rings. The van der Waals surface area contributed by atoms with Crippen LogP contribution in [0.4, 0.5) is 0 Å². The predicted molar refractivity (Wildman–Crippen MR) is 62.7 cm³/mol. The number of aromatic nitrogens is 3. The molecule has 0 aliphatic carbocycles. The third-order valence-electron chi connectivity index (χ3n) is 2.08. The SMILES string of the molecule is CNCCc1nnc2c(Br)cccc2n1. The zero-order chi connectivity index (χ0) is 10.7. The molecule has 0 radical (unpaired) electrons. The van der Waals surface area contributed by atoms with Crippen molar-refractivity contribution in [2.75, 3.05) is 13.6 Å². The summed E-state index contributed by atoms with van der Waals surface area (Å²) in [6, 6.07) is 5.83. The number of halogens is 1. The fourth-order valence-electron chi connectivity index (χ4n) is 1.30. The van der Waals surface area contributed by atoms with Crippen molar-refractivity contribution in [1.82, 2.24) is 20.5 Å². The molecule has 0 aliphatic rings. The Morgan fingerprint density at radius 2 is 2.20 bits per heavy atom. The summed E-state index contributed by atoms with van der Waals surface area (Å²) in [6.45, 7) is 0.862. The molecule has 0 aliphatic heterocycles. The normalized spacial score (nSPS) is 10.8. The number of hydrogen-bond acceptors (Lipinski definition) is 4. The van der Waals surface area contributed by atoms with E-state index >= 15 is 0 Å². The van der Waals surface area contributed by atoms with E-state index in [1.54, 1.807) is 0 Å². The number of nitrogens with zero attached hydrogens (tertiary/aromatic N) is 3. The van der Waals surface area contributed by atoms with Crippen LogP contribution in [-0.2, 0) is 6.42 Å². The van der Waals surface area contributed by atoms with Crippen LogP contribution in [0.3, 0.4) is 0 Å². The van der Waals surface area contributed by atoms with Crippen LogP contribution in [0.25, 0.3) is 11.0 Å². The molecule has 0 unspecified atom stereocenters. The lowest BCUT2D eigenvalue weighted by Crippen LogP contribution is -2.12. The van der Waals surface area contributed by atoms with E-state index in [2.05, 4.69) is 36.4 Å². The Bertz CT molecular complexity index is 472. The molecule has 1 heterocycles. The highest BCUT2D eigenvalue weighted by atomic mass is 79.9. The number of benzene rings is 1. The van der Waals surface area contributed by atoms with Crippen molar-refractivity contribution in [1.29, 1.82) is 0 Å². The third-order valence-corrected chi connectivity index (χ3v) is 2.72. The van der Waals surface area contributed by atoms with Crippen LogP contribution < -0.4 is 5.32 Å². The molecule has 5 heteroatoms. The van der Waals surface area contributed by atoms with Gasteiger partial charge in [-0.3, -0.25) is 0 Å². The fourth-order valence-corrected chi connectivity index (χ4v) is 1.74. The lowest BCUT2D eigenvalue weighted by atomic mass is 10.3. The van der Waals surface area contributed by atoms with Crippen molar-refractivity contribution in [2.45, 2.75) is 6.42 Å². The molecule has 2 rings (SSSR count). The fraction of sp³-hybridized carbons (Fsp3) is 0.300. The Labute approximate surface area is 96.3 Å². The Balaban J connectivity index is 2.39. The van der Waals surface area contributed by atoms with Gasteiger partial charge in [-0.15, -0.1) is 10.2 Å². The molecular weight excluding hydrogens is 256 g/mol. The number of hydrogen-bond donors (Lipinski definition) is 1. The minimum atomic E-state index is 0.773. The minimum Gasteiger partial charge on any atom is -0.319 e. The molecule has 78 valence electrons. The minimum absolute atomic E-state index is 0.773. The van der Waals surface area contributed by atoms with E-state index in [1.807, 2.05) is 25.2 Å². The Morgan fingerprint density at radius 1 is 1.33 bits per heavy atom. The number of nitrogens with one attached hydrogen (secondary N) is 1. The van der Waals surface area contributed by atoms with Gasteiger partial charge < -0.3 is 5.32 Å². The van der Waals surface area contributed by atoms with E-state index in [4.69, 9.17) is 0 Å². The lowest BCUT2D eigenvalue weighted by Gasteiger charge is -2.01. The zero-order valence-electron chi connectivity index (χ0n) is 8.37. The van der Waals surface area contributed by atoms with Crippen LogP contribution in [-0.4, -0.2) is 28.8 Å². The summed E-state index contributed by atoms with van der Waals surface area (Å²) < 4.78 is 0.931. The second-order valence-electron chi connectivity index (χ2n) is 3.19. The van der Waals surface area contributed by atoms with Crippen LogP contribution in [0.1, 0.15) is 5.82 Å². The maximum absolute atomic E-state index is 4.43. The molecule has 0 bridgehead atoms. The zero-order valence-corrected chi connectivity index (χ0v) is 9.95. The quantitative estimate of drug-likeness (QED) is 0.916. The number of fused-ring (bicyclic) bond motifs is 1. The molecular formula is C10H11BrN4. The van der Waals surface area contributed by atoms with E-state index in [-0.39, 0.29) is 0 Å². The molecule has 4 nitrogen and oxygen atoms in total. The van der Waals surface area contributed by atoms with Gasteiger partial charge in [0.25, 0.3) is 0 Å². The summed E-state index contributed by atoms with van der Waals surface area (Å²) in [4.78, 5) is 4.43. The molecule has 1 aromatic heterocycles. The summed E-state index contributed by atoms with van der Waals surface area (Å²) in [7, 11) is 1.91. The van der Waals surface area contributed by atoms with Crippen molar-refractivity contribution in [2.24, 2.45) is 0 Å². The third kappa shape index (κ3) is 2.30. The van der Waals surface area contributed by atoms with E-state index in [1.165, 1.54) is 0 Å². The summed E-state index contributed by atoms with van der Waals surface area (Å²) >= 11 is 3.42. The number of likely N-dealkylation sites (N-methyl/N-ethyl adjacent to an activating group) is 1. The van der Waals surface area contributed by atoms with Gasteiger partial charge in [0.05, 0.1) is 5.52 Å². The second-order valence-corrected chi connectivity index (χ2v) is 4.04. The topological polar surface area (TPSA) is 50.7 Å². The Hall–Kier alpha value is -1.07. The first-order valence-corrected chi connectivity index (χ1v) is 5.53. The summed E-state index contributed by atoms with van der Waals surface area (Å²) in [5.74, 6) is 0.773. The van der Waals surface area contributed by atoms with Gasteiger partial charge in [-0.2, -0.15) is 0 Å². The van der Waals surface area contributed by atoms with E-state index in [0.29, 0.717) is 0 Å². The highest BCUT2D eigenvalue weighted by molar-refractivity contribution is 9.10. The molecule has 0 atom stereocenters. The van der Waals surface area contributed by atoms with Gasteiger partial charge in [-0.25, -0.2) is 4.98 Å². The molecule has 0 amide bonds. The van der Waals surface area contributed by atoms with Crippen molar-refractivity contribution < 1.29 is 0 Å². The average Bonchev–Trinajstić information content (AvgIpc) is 2.26. The molecule has 15 heavy (non-hydrogen) atoms. The van der Waals surface area contributed by atoms with Crippen LogP contribution in [0.5, 0.6) is 0 Å². The van der Waals surface area contributed by atoms with Gasteiger partial charge in [0, 0.05) is 17.4 Å². The summed E-state index contributed by atoms with van der Waals surface area (Å²) in [5.41, 5.74) is 1.69. The maximum atomic E-state index is 4.43. The molecule has 1 aromatic carbocycles. The molecule has 0 saturated heterocycles. The van der Waals surface area contributed by atoms with Crippen LogP contribution >= 0.6 is 15.9 Å². The molecule has 0 spiro atoms. The standard InChI is InChI=1S/C10H11BrN4/c1-12-6-5-9-13-8-4-2-3-7(11)10(8)15-14-9/h2-4,12H,5-6H2,1H3. The molecule has 1 N–H and O–H groups in total. The van der Waals surface area contributed by atoms with Gasteiger partial charge >= 0.3 is 0 Å². The van der Waals surface area contributed by atoms with Crippen LogP contribution in [0, 0.1) is 0 Å². The van der Waals surface area contributed by atoms with Gasteiger partial charge in [-0.05, 0) is 35.1 Å². The monoisotopic (exact) mass is 266 g/mol. The smallest absolute Gasteiger partial charge is 0.152 e. The van der Waals surface area contributed by atoms with Crippen molar-refractivity contribution >= 4 is 27.0 Å².